The van der Waals surface area contributed by atoms with E-state index in [1.54, 1.807) is 0 Å². The number of rotatable bonds is 2. The molecule has 0 radical (unpaired) electrons. The number of hydrogen-bond acceptors (Lipinski definition) is 2. The molecule has 3 aliphatic rings. The zero-order valence-electron chi connectivity index (χ0n) is 13.4. The van der Waals surface area contributed by atoms with E-state index in [-0.39, 0.29) is 6.04 Å². The monoisotopic (exact) mass is 309 g/mol. The predicted octanol–water partition coefficient (Wildman–Crippen LogP) is 3.66. The third-order valence-electron chi connectivity index (χ3n) is 6.31. The highest BCUT2D eigenvalue weighted by Gasteiger charge is 2.46. The molecule has 1 saturated heterocycles. The number of nitrogens with zero attached hydrogens (tertiary/aromatic N) is 2. The first-order valence-electron chi connectivity index (χ1n) is 9.05. The SMILES string of the molecule is O=C([C@H]1C[C@H]2CC[C@@H]1C2)N1CCC[C@@H]1c1nc2ccccc2[nH]1. The van der Waals surface area contributed by atoms with Crippen molar-refractivity contribution in [3.63, 3.8) is 0 Å². The lowest BCUT2D eigenvalue weighted by molar-refractivity contribution is -0.138. The van der Waals surface area contributed by atoms with Crippen molar-refractivity contribution in [2.24, 2.45) is 17.8 Å². The zero-order chi connectivity index (χ0) is 15.4. The van der Waals surface area contributed by atoms with Gasteiger partial charge in [-0.25, -0.2) is 4.98 Å². The molecule has 1 amide bonds. The van der Waals surface area contributed by atoms with E-state index < -0.39 is 0 Å². The molecule has 1 aromatic carbocycles. The molecule has 0 unspecified atom stereocenters. The number of aromatic nitrogens is 2. The van der Waals surface area contributed by atoms with Crippen LogP contribution in [0.15, 0.2) is 24.3 Å². The van der Waals surface area contributed by atoms with Crippen LogP contribution >= 0.6 is 0 Å². The molecule has 1 N–H and O–H groups in total. The summed E-state index contributed by atoms with van der Waals surface area (Å²) < 4.78 is 0. The van der Waals surface area contributed by atoms with Gasteiger partial charge >= 0.3 is 0 Å². The molecule has 4 heteroatoms. The summed E-state index contributed by atoms with van der Waals surface area (Å²) in [5.74, 6) is 3.14. The minimum Gasteiger partial charge on any atom is -0.340 e. The van der Waals surface area contributed by atoms with Gasteiger partial charge in [0.1, 0.15) is 5.82 Å². The molecule has 2 aromatic rings. The van der Waals surface area contributed by atoms with Crippen LogP contribution in [-0.4, -0.2) is 27.3 Å². The van der Waals surface area contributed by atoms with Crippen LogP contribution in [-0.2, 0) is 4.79 Å². The number of benzene rings is 1. The minimum atomic E-state index is 0.147. The number of carbonyl (C=O) groups is 1. The first kappa shape index (κ1) is 13.6. The van der Waals surface area contributed by atoms with Gasteiger partial charge in [0.15, 0.2) is 0 Å². The van der Waals surface area contributed by atoms with Crippen molar-refractivity contribution in [2.45, 2.75) is 44.6 Å². The van der Waals surface area contributed by atoms with Crippen molar-refractivity contribution >= 4 is 16.9 Å². The van der Waals surface area contributed by atoms with Crippen molar-refractivity contribution in [1.29, 1.82) is 0 Å². The van der Waals surface area contributed by atoms with Crippen LogP contribution in [0, 0.1) is 17.8 Å². The van der Waals surface area contributed by atoms with Gasteiger partial charge in [-0.05, 0) is 56.1 Å². The minimum absolute atomic E-state index is 0.147. The Morgan fingerprint density at radius 3 is 2.87 bits per heavy atom. The van der Waals surface area contributed by atoms with Crippen molar-refractivity contribution < 1.29 is 4.79 Å². The lowest BCUT2D eigenvalue weighted by Crippen LogP contribution is -2.38. The number of likely N-dealkylation sites (tertiary alicyclic amines) is 1. The molecular formula is C19H23N3O. The van der Waals surface area contributed by atoms with E-state index in [0.29, 0.717) is 17.7 Å². The van der Waals surface area contributed by atoms with Crippen LogP contribution in [0.25, 0.3) is 11.0 Å². The fourth-order valence-corrected chi connectivity index (χ4v) is 5.21. The van der Waals surface area contributed by atoms with Gasteiger partial charge in [0.25, 0.3) is 0 Å². The van der Waals surface area contributed by atoms with Crippen LogP contribution in [0.1, 0.15) is 50.4 Å². The van der Waals surface area contributed by atoms with Gasteiger partial charge < -0.3 is 9.88 Å². The third kappa shape index (κ3) is 2.11. The van der Waals surface area contributed by atoms with Crippen molar-refractivity contribution in [3.8, 4) is 0 Å². The third-order valence-corrected chi connectivity index (χ3v) is 6.31. The van der Waals surface area contributed by atoms with Gasteiger partial charge in [0, 0.05) is 12.5 Å². The number of fused-ring (bicyclic) bond motifs is 3. The summed E-state index contributed by atoms with van der Waals surface area (Å²) in [6, 6.07) is 8.28. The Labute approximate surface area is 136 Å². The van der Waals surface area contributed by atoms with Crippen LogP contribution in [0.2, 0.25) is 0 Å². The van der Waals surface area contributed by atoms with Crippen LogP contribution < -0.4 is 0 Å². The quantitative estimate of drug-likeness (QED) is 0.920. The second-order valence-corrected chi connectivity index (χ2v) is 7.61. The lowest BCUT2D eigenvalue weighted by Gasteiger charge is -2.30. The van der Waals surface area contributed by atoms with Gasteiger partial charge in [0.05, 0.1) is 17.1 Å². The number of para-hydroxylation sites is 2. The molecule has 120 valence electrons. The van der Waals surface area contributed by atoms with Gasteiger partial charge in [-0.1, -0.05) is 18.6 Å². The molecule has 5 rings (SSSR count). The van der Waals surface area contributed by atoms with E-state index >= 15 is 0 Å². The largest absolute Gasteiger partial charge is 0.340 e. The Hall–Kier alpha value is -1.84. The second-order valence-electron chi connectivity index (χ2n) is 7.61. The molecular weight excluding hydrogens is 286 g/mol. The Kier molecular flexibility index (Phi) is 3.00. The number of aromatic amines is 1. The summed E-state index contributed by atoms with van der Waals surface area (Å²) in [5.41, 5.74) is 2.07. The summed E-state index contributed by atoms with van der Waals surface area (Å²) in [5, 5.41) is 0. The van der Waals surface area contributed by atoms with Crippen LogP contribution in [0.5, 0.6) is 0 Å². The molecule has 23 heavy (non-hydrogen) atoms. The van der Waals surface area contributed by atoms with Gasteiger partial charge in [-0.2, -0.15) is 0 Å². The number of imidazole rings is 1. The summed E-state index contributed by atoms with van der Waals surface area (Å²) in [4.78, 5) is 23.4. The number of H-pyrrole nitrogens is 1. The Bertz CT molecular complexity index is 719. The van der Waals surface area contributed by atoms with Gasteiger partial charge in [-0.3, -0.25) is 4.79 Å². The Balaban J connectivity index is 1.42. The lowest BCUT2D eigenvalue weighted by atomic mass is 9.87. The normalized spacial score (nSPS) is 33.0. The molecule has 3 fully saturated rings. The Morgan fingerprint density at radius 2 is 2.09 bits per heavy atom. The first-order chi connectivity index (χ1) is 11.3. The smallest absolute Gasteiger partial charge is 0.226 e. The van der Waals surface area contributed by atoms with E-state index in [4.69, 9.17) is 4.98 Å². The Morgan fingerprint density at radius 1 is 1.17 bits per heavy atom. The summed E-state index contributed by atoms with van der Waals surface area (Å²) in [6.45, 7) is 0.897. The van der Waals surface area contributed by atoms with E-state index in [2.05, 4.69) is 16.0 Å². The molecule has 2 aliphatic carbocycles. The molecule has 2 heterocycles. The number of amides is 1. The molecule has 1 aliphatic heterocycles. The highest BCUT2D eigenvalue weighted by molar-refractivity contribution is 5.81. The standard InChI is InChI=1S/C19H23N3O/c23-19(14-11-12-7-8-13(14)10-12)22-9-3-6-17(22)18-20-15-4-1-2-5-16(15)21-18/h1-2,4-5,12-14,17H,3,6-11H2,(H,20,21)/t12-,13+,14-,17+/m0/s1. The number of nitrogens with one attached hydrogen (secondary N) is 1. The number of hydrogen-bond donors (Lipinski definition) is 1. The molecule has 2 saturated carbocycles. The molecule has 1 aromatic heterocycles. The highest BCUT2D eigenvalue weighted by atomic mass is 16.2. The fourth-order valence-electron chi connectivity index (χ4n) is 5.21. The van der Waals surface area contributed by atoms with E-state index in [9.17, 15) is 4.79 Å². The first-order valence-corrected chi connectivity index (χ1v) is 9.05. The zero-order valence-corrected chi connectivity index (χ0v) is 13.4. The van der Waals surface area contributed by atoms with E-state index in [1.165, 1.54) is 19.3 Å². The molecule has 4 atom stereocenters. The predicted molar refractivity (Wildman–Crippen MR) is 88.7 cm³/mol. The molecule has 4 nitrogen and oxygen atoms in total. The van der Waals surface area contributed by atoms with Gasteiger partial charge in [0.2, 0.25) is 5.91 Å². The maximum Gasteiger partial charge on any atom is 0.226 e. The van der Waals surface area contributed by atoms with Crippen molar-refractivity contribution in [2.75, 3.05) is 6.54 Å². The summed E-state index contributed by atoms with van der Waals surface area (Å²) >= 11 is 0. The fraction of sp³-hybridized carbons (Fsp3) is 0.579. The average molecular weight is 309 g/mol. The topological polar surface area (TPSA) is 49.0 Å². The van der Waals surface area contributed by atoms with Crippen molar-refractivity contribution in [3.05, 3.63) is 30.1 Å². The van der Waals surface area contributed by atoms with Crippen LogP contribution in [0.4, 0.5) is 0 Å². The highest BCUT2D eigenvalue weighted by Crippen LogP contribution is 2.50. The van der Waals surface area contributed by atoms with Gasteiger partial charge in [-0.15, -0.1) is 0 Å². The maximum absolute atomic E-state index is 13.1. The number of carbonyl (C=O) groups excluding carboxylic acids is 1. The summed E-state index contributed by atoms with van der Waals surface area (Å²) in [6.07, 6.45) is 7.17. The van der Waals surface area contributed by atoms with Crippen LogP contribution in [0.3, 0.4) is 0 Å². The molecule has 2 bridgehead atoms. The molecule has 0 spiro atoms. The maximum atomic E-state index is 13.1. The second kappa shape index (κ2) is 5.08. The van der Waals surface area contributed by atoms with E-state index in [0.717, 1.165) is 48.6 Å². The van der Waals surface area contributed by atoms with E-state index in [1.807, 2.05) is 18.2 Å². The average Bonchev–Trinajstić information content (AvgIpc) is 3.35. The summed E-state index contributed by atoms with van der Waals surface area (Å²) in [7, 11) is 0. The van der Waals surface area contributed by atoms with Crippen molar-refractivity contribution in [1.82, 2.24) is 14.9 Å².